The van der Waals surface area contributed by atoms with Crippen LogP contribution < -0.4 is 0 Å². The largest absolute Gasteiger partial charge is 1.00 e. The van der Waals surface area contributed by atoms with Gasteiger partial charge in [0.1, 0.15) is 0 Å². The maximum atomic E-state index is 11.8. The van der Waals surface area contributed by atoms with Crippen molar-refractivity contribution in [1.82, 2.24) is 0 Å². The zero-order valence-corrected chi connectivity index (χ0v) is 8.85. The first kappa shape index (κ1) is 11.7. The van der Waals surface area contributed by atoms with E-state index in [0.29, 0.717) is 5.56 Å². The molecule has 2 rings (SSSR count). The summed E-state index contributed by atoms with van der Waals surface area (Å²) in [6, 6.07) is 19.2. The van der Waals surface area contributed by atoms with Crippen LogP contribution in [0.5, 0.6) is 0 Å². The van der Waals surface area contributed by atoms with Crippen LogP contribution in [-0.4, -0.2) is 5.78 Å². The van der Waals surface area contributed by atoms with E-state index in [0.717, 1.165) is 5.56 Å². The first-order valence-corrected chi connectivity index (χ1v) is 4.44. The topological polar surface area (TPSA) is 17.1 Å². The van der Waals surface area contributed by atoms with Gasteiger partial charge in [0, 0.05) is 5.56 Å². The number of ketones is 1. The van der Waals surface area contributed by atoms with Gasteiger partial charge in [-0.3, -0.25) is 4.79 Å². The molecule has 0 N–H and O–H groups in total. The molecule has 0 unspecified atom stereocenters. The number of rotatable bonds is 2. The molecular formula is C13H9CuO. The summed E-state index contributed by atoms with van der Waals surface area (Å²) in [5.74, 6) is 0.0552. The molecule has 15 heavy (non-hydrogen) atoms. The first-order valence-electron chi connectivity index (χ1n) is 4.44. The fourth-order valence-electron chi connectivity index (χ4n) is 1.29. The Kier molecular flexibility index (Phi) is 4.29. The van der Waals surface area contributed by atoms with Gasteiger partial charge in [-0.25, -0.2) is 0 Å². The zero-order valence-electron chi connectivity index (χ0n) is 7.91. The van der Waals surface area contributed by atoms with Crippen LogP contribution in [0.3, 0.4) is 0 Å². The Hall–Kier alpha value is -1.37. The maximum absolute atomic E-state index is 11.8. The Labute approximate surface area is 99.6 Å². The molecule has 2 heteroatoms. The summed E-state index contributed by atoms with van der Waals surface area (Å²) in [4.78, 5) is 11.8. The summed E-state index contributed by atoms with van der Waals surface area (Å²) in [7, 11) is 0. The second-order valence-electron chi connectivity index (χ2n) is 2.98. The van der Waals surface area contributed by atoms with E-state index in [-0.39, 0.29) is 22.9 Å². The van der Waals surface area contributed by atoms with E-state index in [4.69, 9.17) is 0 Å². The molecule has 0 heterocycles. The van der Waals surface area contributed by atoms with Crippen LogP contribution in [0.15, 0.2) is 54.6 Å². The predicted octanol–water partition coefficient (Wildman–Crippen LogP) is 2.72. The average molecular weight is 245 g/mol. The number of hydrogen-bond acceptors (Lipinski definition) is 1. The second kappa shape index (κ2) is 5.50. The van der Waals surface area contributed by atoms with Gasteiger partial charge in [0.15, 0.2) is 5.78 Å². The Morgan fingerprint density at radius 2 is 1.40 bits per heavy atom. The van der Waals surface area contributed by atoms with Crippen molar-refractivity contribution in [2.24, 2.45) is 0 Å². The Bertz CT molecular complexity index is 381. The van der Waals surface area contributed by atoms with Gasteiger partial charge in [-0.1, -0.05) is 35.9 Å². The van der Waals surface area contributed by atoms with Gasteiger partial charge in [-0.15, -0.1) is 0 Å². The Balaban J connectivity index is 0.00000112. The van der Waals surface area contributed by atoms with Crippen LogP contribution in [0.25, 0.3) is 0 Å². The first-order chi connectivity index (χ1) is 6.88. The van der Waals surface area contributed by atoms with Crippen molar-refractivity contribution in [3.05, 3.63) is 71.8 Å². The summed E-state index contributed by atoms with van der Waals surface area (Å²) in [6.07, 6.45) is 0. The fourth-order valence-corrected chi connectivity index (χ4v) is 1.29. The minimum atomic E-state index is 0. The molecular weight excluding hydrogens is 236 g/mol. The van der Waals surface area contributed by atoms with Crippen LogP contribution >= 0.6 is 0 Å². The normalized spacial score (nSPS) is 9.07. The minimum absolute atomic E-state index is 0. The summed E-state index contributed by atoms with van der Waals surface area (Å²) in [5, 5.41) is 0. The minimum Gasteiger partial charge on any atom is -0.291 e. The van der Waals surface area contributed by atoms with Crippen LogP contribution in [0.4, 0.5) is 0 Å². The molecule has 0 radical (unpaired) electrons. The van der Waals surface area contributed by atoms with Crippen molar-refractivity contribution in [3.63, 3.8) is 0 Å². The molecule has 0 aliphatic rings. The van der Waals surface area contributed by atoms with Crippen molar-refractivity contribution < 1.29 is 21.9 Å². The molecule has 0 aliphatic heterocycles. The van der Waals surface area contributed by atoms with Crippen LogP contribution in [0.2, 0.25) is 0 Å². The van der Waals surface area contributed by atoms with E-state index in [1.165, 1.54) is 0 Å². The molecule has 2 aromatic carbocycles. The third-order valence-corrected chi connectivity index (χ3v) is 2.02. The number of carbonyl (C=O) groups excluding carboxylic acids is 1. The summed E-state index contributed by atoms with van der Waals surface area (Å²) in [5.41, 5.74) is 1.42. The summed E-state index contributed by atoms with van der Waals surface area (Å²) < 4.78 is 0. The van der Waals surface area contributed by atoms with E-state index in [1.807, 2.05) is 30.3 Å². The molecule has 0 spiro atoms. The van der Waals surface area contributed by atoms with Crippen molar-refractivity contribution in [2.45, 2.75) is 0 Å². The van der Waals surface area contributed by atoms with Gasteiger partial charge in [0.25, 0.3) is 0 Å². The van der Waals surface area contributed by atoms with Gasteiger partial charge in [0.05, 0.1) is 0 Å². The maximum Gasteiger partial charge on any atom is 1.00 e. The van der Waals surface area contributed by atoms with Crippen LogP contribution in [-0.2, 0) is 17.1 Å². The average Bonchev–Trinajstić information content (AvgIpc) is 2.30. The molecule has 0 atom stereocenters. The zero-order chi connectivity index (χ0) is 9.80. The fraction of sp³-hybridized carbons (Fsp3) is 0. The SMILES string of the molecule is O=C(c1cc[c-]cc1)c1ccccc1.[Cu+]. The van der Waals surface area contributed by atoms with Crippen molar-refractivity contribution in [3.8, 4) is 0 Å². The van der Waals surface area contributed by atoms with Crippen LogP contribution in [0, 0.1) is 6.07 Å². The molecule has 78 valence electrons. The van der Waals surface area contributed by atoms with E-state index in [2.05, 4.69) is 6.07 Å². The molecule has 0 bridgehead atoms. The molecule has 0 aliphatic carbocycles. The standard InChI is InChI=1S/C13H9O.Cu/c14-13(11-7-3-1-4-8-11)12-9-5-2-6-10-12;/h1,3-10H;/q-1;+1. The van der Waals surface area contributed by atoms with Gasteiger partial charge >= 0.3 is 17.1 Å². The van der Waals surface area contributed by atoms with Gasteiger partial charge in [-0.05, 0) is 0 Å². The molecule has 2 aromatic rings. The molecule has 0 fully saturated rings. The third kappa shape index (κ3) is 2.79. The van der Waals surface area contributed by atoms with Gasteiger partial charge in [-0.2, -0.15) is 30.3 Å². The smallest absolute Gasteiger partial charge is 0.291 e. The number of hydrogen-bond donors (Lipinski definition) is 0. The summed E-state index contributed by atoms with van der Waals surface area (Å²) in [6.45, 7) is 0. The Morgan fingerprint density at radius 1 is 0.867 bits per heavy atom. The quantitative estimate of drug-likeness (QED) is 0.451. The summed E-state index contributed by atoms with van der Waals surface area (Å²) >= 11 is 0. The number of benzene rings is 2. The second-order valence-corrected chi connectivity index (χ2v) is 2.98. The van der Waals surface area contributed by atoms with Crippen molar-refractivity contribution >= 4 is 5.78 Å². The molecule has 0 amide bonds. The predicted molar refractivity (Wildman–Crippen MR) is 55.2 cm³/mol. The van der Waals surface area contributed by atoms with Crippen molar-refractivity contribution in [2.75, 3.05) is 0 Å². The van der Waals surface area contributed by atoms with Gasteiger partial charge < -0.3 is 0 Å². The van der Waals surface area contributed by atoms with E-state index < -0.39 is 0 Å². The molecule has 0 saturated carbocycles. The monoisotopic (exact) mass is 244 g/mol. The molecule has 0 aromatic heterocycles. The third-order valence-electron chi connectivity index (χ3n) is 2.02. The van der Waals surface area contributed by atoms with E-state index in [1.54, 1.807) is 24.3 Å². The van der Waals surface area contributed by atoms with E-state index in [9.17, 15) is 4.79 Å². The Morgan fingerprint density at radius 3 is 2.00 bits per heavy atom. The van der Waals surface area contributed by atoms with Crippen LogP contribution in [0.1, 0.15) is 15.9 Å². The number of carbonyl (C=O) groups is 1. The van der Waals surface area contributed by atoms with E-state index >= 15 is 0 Å². The molecule has 0 saturated heterocycles. The van der Waals surface area contributed by atoms with Crippen molar-refractivity contribution in [1.29, 1.82) is 0 Å². The van der Waals surface area contributed by atoms with Gasteiger partial charge in [0.2, 0.25) is 0 Å². The molecule has 1 nitrogen and oxygen atoms in total.